The molecule has 0 amide bonds. The van der Waals surface area contributed by atoms with E-state index in [1.165, 1.54) is 5.56 Å². The molecule has 0 saturated carbocycles. The Morgan fingerprint density at radius 2 is 1.81 bits per heavy atom. The summed E-state index contributed by atoms with van der Waals surface area (Å²) in [6, 6.07) is 17.7. The number of anilines is 2. The predicted octanol–water partition coefficient (Wildman–Crippen LogP) is 4.14. The van der Waals surface area contributed by atoms with Gasteiger partial charge in [-0.05, 0) is 30.0 Å². The van der Waals surface area contributed by atoms with Crippen LogP contribution in [0.25, 0.3) is 0 Å². The molecular formula is C21H19N3O2. The lowest BCUT2D eigenvalue weighted by Gasteiger charge is -2.23. The number of methoxy groups -OCH3 is 1. The van der Waals surface area contributed by atoms with Crippen molar-refractivity contribution in [3.63, 3.8) is 0 Å². The Hall–Kier alpha value is -3.21. The molecule has 1 heterocycles. The zero-order valence-corrected chi connectivity index (χ0v) is 14.5. The lowest BCUT2D eigenvalue weighted by atomic mass is 9.82. The molecule has 130 valence electrons. The first-order valence-electron chi connectivity index (χ1n) is 8.58. The number of benzene rings is 2. The van der Waals surface area contributed by atoms with Crippen molar-refractivity contribution in [2.24, 2.45) is 0 Å². The molecule has 5 heteroatoms. The zero-order chi connectivity index (χ0) is 17.9. The number of nitrogens with one attached hydrogen (secondary N) is 1. The normalized spacial score (nSPS) is 16.0. The molecule has 0 aliphatic heterocycles. The molecule has 2 aromatic carbocycles. The molecule has 4 rings (SSSR count). The number of para-hydroxylation sites is 2. The van der Waals surface area contributed by atoms with Gasteiger partial charge in [0.15, 0.2) is 5.78 Å². The molecule has 0 fully saturated rings. The average Bonchev–Trinajstić information content (AvgIpc) is 2.69. The minimum atomic E-state index is 0.101. The molecule has 3 aromatic rings. The van der Waals surface area contributed by atoms with Crippen molar-refractivity contribution in [3.05, 3.63) is 77.6 Å². The van der Waals surface area contributed by atoms with Crippen LogP contribution in [0, 0.1) is 0 Å². The van der Waals surface area contributed by atoms with E-state index in [-0.39, 0.29) is 11.7 Å². The van der Waals surface area contributed by atoms with Crippen LogP contribution in [0.5, 0.6) is 5.75 Å². The summed E-state index contributed by atoms with van der Waals surface area (Å²) in [5.41, 5.74) is 3.38. The molecule has 1 N–H and O–H groups in total. The van der Waals surface area contributed by atoms with Gasteiger partial charge in [0.2, 0.25) is 5.95 Å². The molecule has 0 radical (unpaired) electrons. The number of ether oxygens (including phenoxy) is 1. The maximum Gasteiger partial charge on any atom is 0.227 e. The Balaban J connectivity index is 1.63. The number of carbonyl (C=O) groups is 1. The van der Waals surface area contributed by atoms with Crippen LogP contribution in [0.15, 0.2) is 60.8 Å². The summed E-state index contributed by atoms with van der Waals surface area (Å²) < 4.78 is 5.35. The third-order valence-corrected chi connectivity index (χ3v) is 4.66. The van der Waals surface area contributed by atoms with Gasteiger partial charge in [-0.25, -0.2) is 9.97 Å². The van der Waals surface area contributed by atoms with E-state index in [0.29, 0.717) is 23.7 Å². The van der Waals surface area contributed by atoms with Crippen LogP contribution in [0.4, 0.5) is 11.6 Å². The van der Waals surface area contributed by atoms with Gasteiger partial charge < -0.3 is 10.1 Å². The quantitative estimate of drug-likeness (QED) is 0.770. The molecule has 0 saturated heterocycles. The van der Waals surface area contributed by atoms with E-state index >= 15 is 0 Å². The number of nitrogens with zero attached hydrogens (tertiary/aromatic N) is 2. The van der Waals surface area contributed by atoms with Crippen molar-refractivity contribution < 1.29 is 9.53 Å². The second kappa shape index (κ2) is 6.96. The summed E-state index contributed by atoms with van der Waals surface area (Å²) in [5, 5.41) is 3.18. The monoisotopic (exact) mass is 345 g/mol. The van der Waals surface area contributed by atoms with Crippen molar-refractivity contribution in [2.75, 3.05) is 12.4 Å². The highest BCUT2D eigenvalue weighted by Crippen LogP contribution is 2.32. The van der Waals surface area contributed by atoms with E-state index in [4.69, 9.17) is 4.74 Å². The van der Waals surface area contributed by atoms with Gasteiger partial charge in [0.1, 0.15) is 5.75 Å². The largest absolute Gasteiger partial charge is 0.495 e. The Bertz CT molecular complexity index is 941. The fraction of sp³-hybridized carbons (Fsp3) is 0.190. The second-order valence-corrected chi connectivity index (χ2v) is 6.32. The standard InChI is InChI=1S/C21H19N3O2/c1-26-20-10-6-5-9-17(20)23-21-22-13-16-18(24-21)11-15(12-19(16)25)14-7-3-2-4-8-14/h2-10,13,15H,11-12H2,1H3,(H,22,23,24). The summed E-state index contributed by atoms with van der Waals surface area (Å²) in [4.78, 5) is 21.4. The number of Topliss-reactive ketones (excluding diaryl/α,β-unsaturated/α-hetero) is 1. The summed E-state index contributed by atoms with van der Waals surface area (Å²) in [6.45, 7) is 0. The SMILES string of the molecule is COc1ccccc1Nc1ncc2c(n1)CC(c1ccccc1)CC2=O. The fourth-order valence-electron chi connectivity index (χ4n) is 3.33. The molecule has 1 aliphatic carbocycles. The Morgan fingerprint density at radius 3 is 2.62 bits per heavy atom. The number of hydrogen-bond donors (Lipinski definition) is 1. The molecular weight excluding hydrogens is 326 g/mol. The summed E-state index contributed by atoms with van der Waals surface area (Å²) in [5.74, 6) is 1.44. The third-order valence-electron chi connectivity index (χ3n) is 4.66. The first kappa shape index (κ1) is 16.3. The number of rotatable bonds is 4. The molecule has 1 aromatic heterocycles. The molecule has 0 bridgehead atoms. The van der Waals surface area contributed by atoms with Gasteiger partial charge in [-0.1, -0.05) is 42.5 Å². The molecule has 5 nitrogen and oxygen atoms in total. The number of fused-ring (bicyclic) bond motifs is 1. The molecule has 0 spiro atoms. The smallest absolute Gasteiger partial charge is 0.227 e. The predicted molar refractivity (Wildman–Crippen MR) is 100 cm³/mol. The Morgan fingerprint density at radius 1 is 1.04 bits per heavy atom. The third kappa shape index (κ3) is 3.16. The fourth-order valence-corrected chi connectivity index (χ4v) is 3.33. The van der Waals surface area contributed by atoms with Gasteiger partial charge in [-0.2, -0.15) is 0 Å². The summed E-state index contributed by atoms with van der Waals surface area (Å²) in [7, 11) is 1.62. The van der Waals surface area contributed by atoms with Crippen LogP contribution in [0.3, 0.4) is 0 Å². The van der Waals surface area contributed by atoms with Gasteiger partial charge in [0.05, 0.1) is 24.1 Å². The summed E-state index contributed by atoms with van der Waals surface area (Å²) in [6.07, 6.45) is 2.86. The van der Waals surface area contributed by atoms with E-state index in [9.17, 15) is 4.79 Å². The minimum absolute atomic E-state index is 0.101. The lowest BCUT2D eigenvalue weighted by molar-refractivity contribution is 0.0962. The molecule has 1 atom stereocenters. The number of ketones is 1. The van der Waals surface area contributed by atoms with E-state index < -0.39 is 0 Å². The van der Waals surface area contributed by atoms with Crippen LogP contribution >= 0.6 is 0 Å². The van der Waals surface area contributed by atoms with Crippen LogP contribution in [-0.4, -0.2) is 22.9 Å². The first-order valence-corrected chi connectivity index (χ1v) is 8.58. The van der Waals surface area contributed by atoms with Crippen molar-refractivity contribution in [1.82, 2.24) is 9.97 Å². The first-order chi connectivity index (χ1) is 12.7. The topological polar surface area (TPSA) is 64.1 Å². The van der Waals surface area contributed by atoms with E-state index in [1.807, 2.05) is 42.5 Å². The number of aromatic nitrogens is 2. The van der Waals surface area contributed by atoms with Crippen LogP contribution < -0.4 is 10.1 Å². The second-order valence-electron chi connectivity index (χ2n) is 6.32. The minimum Gasteiger partial charge on any atom is -0.495 e. The van der Waals surface area contributed by atoms with Crippen molar-refractivity contribution in [3.8, 4) is 5.75 Å². The van der Waals surface area contributed by atoms with Crippen molar-refractivity contribution in [1.29, 1.82) is 0 Å². The average molecular weight is 345 g/mol. The van der Waals surface area contributed by atoms with E-state index in [1.54, 1.807) is 13.3 Å². The Labute approximate surface area is 152 Å². The van der Waals surface area contributed by atoms with Crippen molar-refractivity contribution >= 4 is 17.4 Å². The highest BCUT2D eigenvalue weighted by Gasteiger charge is 2.28. The molecule has 1 aliphatic rings. The van der Waals surface area contributed by atoms with Crippen molar-refractivity contribution in [2.45, 2.75) is 18.8 Å². The highest BCUT2D eigenvalue weighted by atomic mass is 16.5. The maximum absolute atomic E-state index is 12.5. The van der Waals surface area contributed by atoms with E-state index in [2.05, 4.69) is 27.4 Å². The number of hydrogen-bond acceptors (Lipinski definition) is 5. The number of carbonyl (C=O) groups excluding carboxylic acids is 1. The zero-order valence-electron chi connectivity index (χ0n) is 14.5. The highest BCUT2D eigenvalue weighted by molar-refractivity contribution is 5.98. The van der Waals surface area contributed by atoms with Gasteiger partial charge in [-0.15, -0.1) is 0 Å². The van der Waals surface area contributed by atoms with Gasteiger partial charge in [0.25, 0.3) is 0 Å². The molecule has 1 unspecified atom stereocenters. The van der Waals surface area contributed by atoms with Crippen LogP contribution in [-0.2, 0) is 6.42 Å². The summed E-state index contributed by atoms with van der Waals surface area (Å²) >= 11 is 0. The Kier molecular flexibility index (Phi) is 4.35. The maximum atomic E-state index is 12.5. The van der Waals surface area contributed by atoms with Gasteiger partial charge >= 0.3 is 0 Å². The van der Waals surface area contributed by atoms with Gasteiger partial charge in [-0.3, -0.25) is 4.79 Å². The van der Waals surface area contributed by atoms with Crippen LogP contribution in [0.1, 0.15) is 34.0 Å². The van der Waals surface area contributed by atoms with Gasteiger partial charge in [0, 0.05) is 12.6 Å². The van der Waals surface area contributed by atoms with E-state index in [0.717, 1.165) is 17.8 Å². The lowest BCUT2D eigenvalue weighted by Crippen LogP contribution is -2.21. The molecule has 26 heavy (non-hydrogen) atoms. The van der Waals surface area contributed by atoms with Crippen LogP contribution in [0.2, 0.25) is 0 Å².